The van der Waals surface area contributed by atoms with E-state index in [2.05, 4.69) is 179 Å². The van der Waals surface area contributed by atoms with Crippen molar-refractivity contribution >= 4 is 86.7 Å². The van der Waals surface area contributed by atoms with Crippen LogP contribution in [-0.2, 0) is 0 Å². The number of hydrogen-bond donors (Lipinski definition) is 0. The third kappa shape index (κ3) is 3.36. The van der Waals surface area contributed by atoms with E-state index in [1.165, 1.54) is 86.7 Å². The van der Waals surface area contributed by atoms with Gasteiger partial charge in [0.1, 0.15) is 0 Å². The van der Waals surface area contributed by atoms with Gasteiger partial charge in [0, 0.05) is 43.7 Å². The lowest BCUT2D eigenvalue weighted by molar-refractivity contribution is 1.15. The summed E-state index contributed by atoms with van der Waals surface area (Å²) in [5.41, 5.74) is 7.26. The van der Waals surface area contributed by atoms with Gasteiger partial charge in [-0.05, 0) is 68.7 Å². The average molecular weight is 609 g/mol. The lowest BCUT2D eigenvalue weighted by Gasteiger charge is -2.15. The van der Waals surface area contributed by atoms with E-state index in [1.807, 2.05) is 0 Å². The normalized spacial score (nSPS) is 12.2. The van der Waals surface area contributed by atoms with Gasteiger partial charge >= 0.3 is 0 Å². The van der Waals surface area contributed by atoms with E-state index >= 15 is 0 Å². The van der Waals surface area contributed by atoms with Gasteiger partial charge in [-0.2, -0.15) is 0 Å². The lowest BCUT2D eigenvalue weighted by atomic mass is 9.93. The standard InChI is InChI=1S/C46H28N2/c1-3-13-33-29(11-1)22-28-40-43(33)36-16-5-6-17-37(36)46-44(40)39-18-8-10-20-42(39)48(46)32-25-23-31(24-26-32)47-41-19-9-7-15-35(41)38-27-21-30-12-2-4-14-34(30)45(38)47/h1-28H. The minimum absolute atomic E-state index is 1.15. The number of nitrogens with zero attached hydrogens (tertiary/aromatic N) is 2. The van der Waals surface area contributed by atoms with E-state index in [-0.39, 0.29) is 0 Å². The van der Waals surface area contributed by atoms with E-state index in [4.69, 9.17) is 0 Å². The van der Waals surface area contributed by atoms with Crippen LogP contribution < -0.4 is 0 Å². The molecule has 0 saturated carbocycles. The Balaban J connectivity index is 1.23. The van der Waals surface area contributed by atoms with Crippen LogP contribution >= 0.6 is 0 Å². The maximum absolute atomic E-state index is 2.48. The van der Waals surface area contributed by atoms with Gasteiger partial charge in [-0.1, -0.05) is 133 Å². The molecule has 0 bridgehead atoms. The summed E-state index contributed by atoms with van der Waals surface area (Å²) in [4.78, 5) is 0. The van der Waals surface area contributed by atoms with Crippen molar-refractivity contribution in [3.63, 3.8) is 0 Å². The molecule has 0 radical (unpaired) electrons. The van der Waals surface area contributed by atoms with Crippen molar-refractivity contribution in [1.82, 2.24) is 9.13 Å². The number of aromatic nitrogens is 2. The molecule has 2 nitrogen and oxygen atoms in total. The van der Waals surface area contributed by atoms with Crippen molar-refractivity contribution < 1.29 is 0 Å². The van der Waals surface area contributed by atoms with Crippen LogP contribution in [0.15, 0.2) is 170 Å². The van der Waals surface area contributed by atoms with Gasteiger partial charge < -0.3 is 9.13 Å². The van der Waals surface area contributed by atoms with Gasteiger partial charge in [-0.15, -0.1) is 0 Å². The second-order valence-electron chi connectivity index (χ2n) is 12.9. The first kappa shape index (κ1) is 25.8. The second-order valence-corrected chi connectivity index (χ2v) is 12.9. The fraction of sp³-hybridized carbons (Fsp3) is 0. The second kappa shape index (κ2) is 9.57. The molecular weight excluding hydrogens is 581 g/mol. The first-order valence-electron chi connectivity index (χ1n) is 16.6. The molecule has 0 fully saturated rings. The quantitative estimate of drug-likeness (QED) is 0.173. The number of benzene rings is 9. The van der Waals surface area contributed by atoms with Gasteiger partial charge in [0.05, 0.1) is 22.1 Å². The Bertz CT molecular complexity index is 3100. The van der Waals surface area contributed by atoms with Crippen molar-refractivity contribution in [3.8, 4) is 11.4 Å². The van der Waals surface area contributed by atoms with E-state index < -0.39 is 0 Å². The summed E-state index contributed by atoms with van der Waals surface area (Å²) >= 11 is 0. The molecular formula is C46H28N2. The highest BCUT2D eigenvalue weighted by Crippen LogP contribution is 2.44. The SMILES string of the molecule is c1ccc2c(c1)ccc1c2c2ccccc2c2c1c1ccccc1n2-c1ccc(-n2c3ccccc3c3ccc4ccccc4c32)cc1. The molecule has 0 saturated heterocycles. The maximum Gasteiger partial charge on any atom is 0.0625 e. The predicted molar refractivity (Wildman–Crippen MR) is 205 cm³/mol. The van der Waals surface area contributed by atoms with Gasteiger partial charge in [0.25, 0.3) is 0 Å². The van der Waals surface area contributed by atoms with Gasteiger partial charge in [0.15, 0.2) is 0 Å². The summed E-state index contributed by atoms with van der Waals surface area (Å²) in [7, 11) is 0. The molecule has 222 valence electrons. The van der Waals surface area contributed by atoms with E-state index in [0.717, 1.165) is 11.4 Å². The highest BCUT2D eigenvalue weighted by atomic mass is 15.0. The van der Waals surface area contributed by atoms with Crippen LogP contribution in [0.2, 0.25) is 0 Å². The maximum atomic E-state index is 2.48. The molecule has 0 spiro atoms. The van der Waals surface area contributed by atoms with Crippen molar-refractivity contribution in [3.05, 3.63) is 170 Å². The van der Waals surface area contributed by atoms with Gasteiger partial charge in [-0.3, -0.25) is 0 Å². The fourth-order valence-corrected chi connectivity index (χ4v) is 8.46. The first-order chi connectivity index (χ1) is 23.8. The molecule has 0 atom stereocenters. The van der Waals surface area contributed by atoms with E-state index in [9.17, 15) is 0 Å². The Morgan fingerprint density at radius 2 is 0.708 bits per heavy atom. The Morgan fingerprint density at radius 3 is 1.42 bits per heavy atom. The number of hydrogen-bond acceptors (Lipinski definition) is 0. The molecule has 48 heavy (non-hydrogen) atoms. The van der Waals surface area contributed by atoms with Crippen molar-refractivity contribution in [2.75, 3.05) is 0 Å². The Hall–Kier alpha value is -6.38. The summed E-state index contributed by atoms with van der Waals surface area (Å²) in [5.74, 6) is 0. The molecule has 0 aliphatic heterocycles. The molecule has 2 heterocycles. The highest BCUT2D eigenvalue weighted by molar-refractivity contribution is 6.36. The smallest absolute Gasteiger partial charge is 0.0625 e. The number of para-hydroxylation sites is 2. The number of fused-ring (bicyclic) bond motifs is 15. The Kier molecular flexibility index (Phi) is 5.14. The van der Waals surface area contributed by atoms with Crippen LogP contribution in [0.1, 0.15) is 0 Å². The topological polar surface area (TPSA) is 9.86 Å². The fourth-order valence-electron chi connectivity index (χ4n) is 8.46. The van der Waals surface area contributed by atoms with E-state index in [0.29, 0.717) is 0 Å². The molecule has 9 aromatic carbocycles. The van der Waals surface area contributed by atoms with Gasteiger partial charge in [0.2, 0.25) is 0 Å². The van der Waals surface area contributed by atoms with Crippen molar-refractivity contribution in [1.29, 1.82) is 0 Å². The van der Waals surface area contributed by atoms with Crippen molar-refractivity contribution in [2.45, 2.75) is 0 Å². The number of rotatable bonds is 2. The van der Waals surface area contributed by atoms with Crippen LogP contribution in [0.3, 0.4) is 0 Å². The molecule has 0 N–H and O–H groups in total. The lowest BCUT2D eigenvalue weighted by Crippen LogP contribution is -1.98. The largest absolute Gasteiger partial charge is 0.309 e. The summed E-state index contributed by atoms with van der Waals surface area (Å²) < 4.78 is 4.92. The zero-order valence-electron chi connectivity index (χ0n) is 26.1. The zero-order valence-corrected chi connectivity index (χ0v) is 26.1. The van der Waals surface area contributed by atoms with Crippen LogP contribution in [0.25, 0.3) is 98.1 Å². The highest BCUT2D eigenvalue weighted by Gasteiger charge is 2.20. The molecule has 0 unspecified atom stereocenters. The Labute approximate surface area is 276 Å². The van der Waals surface area contributed by atoms with E-state index in [1.54, 1.807) is 0 Å². The van der Waals surface area contributed by atoms with Crippen LogP contribution in [0, 0.1) is 0 Å². The molecule has 2 aromatic heterocycles. The van der Waals surface area contributed by atoms with Crippen molar-refractivity contribution in [2.24, 2.45) is 0 Å². The van der Waals surface area contributed by atoms with Gasteiger partial charge in [-0.25, -0.2) is 0 Å². The minimum Gasteiger partial charge on any atom is -0.309 e. The van der Waals surface area contributed by atoms with Crippen LogP contribution in [0.5, 0.6) is 0 Å². The predicted octanol–water partition coefficient (Wildman–Crippen LogP) is 12.5. The first-order valence-corrected chi connectivity index (χ1v) is 16.6. The summed E-state index contributed by atoms with van der Waals surface area (Å²) in [6.07, 6.45) is 0. The van der Waals surface area contributed by atoms with Crippen LogP contribution in [-0.4, -0.2) is 9.13 Å². The third-order valence-electron chi connectivity index (χ3n) is 10.5. The summed E-state index contributed by atoms with van der Waals surface area (Å²) in [6, 6.07) is 62.4. The molecule has 0 amide bonds. The zero-order chi connectivity index (χ0) is 31.3. The minimum atomic E-state index is 1.15. The molecule has 2 heteroatoms. The third-order valence-corrected chi connectivity index (χ3v) is 10.5. The molecule has 0 aliphatic rings. The monoisotopic (exact) mass is 608 g/mol. The average Bonchev–Trinajstić information content (AvgIpc) is 3.69. The Morgan fingerprint density at radius 1 is 0.250 bits per heavy atom. The summed E-state index contributed by atoms with van der Waals surface area (Å²) in [6.45, 7) is 0. The molecule has 11 aromatic rings. The molecule has 11 rings (SSSR count). The summed E-state index contributed by atoms with van der Waals surface area (Å²) in [5, 5.41) is 15.4. The molecule has 0 aliphatic carbocycles. The van der Waals surface area contributed by atoms with Crippen LogP contribution in [0.4, 0.5) is 0 Å².